The van der Waals surface area contributed by atoms with Crippen molar-refractivity contribution in [3.8, 4) is 22.6 Å². The van der Waals surface area contributed by atoms with Crippen LogP contribution in [0.3, 0.4) is 0 Å². The van der Waals surface area contributed by atoms with Gasteiger partial charge < -0.3 is 14.2 Å². The van der Waals surface area contributed by atoms with Crippen molar-refractivity contribution in [1.82, 2.24) is 0 Å². The maximum absolute atomic E-state index is 11.9. The van der Waals surface area contributed by atoms with E-state index in [1.807, 2.05) is 36.4 Å². The Morgan fingerprint density at radius 2 is 1.48 bits per heavy atom. The van der Waals surface area contributed by atoms with Gasteiger partial charge in [0, 0.05) is 16.7 Å². The standard InChI is InChI=1S/C22H22O5/c1-14(2)21(23)26-13-18-12-17(16-6-9-19(25-5)10-7-16)8-11-20(18)27-22(24)15(3)4/h6-12H,1,3,13H2,2,4-5H3. The molecule has 0 aliphatic heterocycles. The summed E-state index contributed by atoms with van der Waals surface area (Å²) in [6, 6.07) is 12.8. The van der Waals surface area contributed by atoms with Crippen molar-refractivity contribution >= 4 is 11.9 Å². The van der Waals surface area contributed by atoms with Crippen LogP contribution < -0.4 is 9.47 Å². The zero-order valence-corrected chi connectivity index (χ0v) is 15.7. The molecule has 0 unspecified atom stereocenters. The summed E-state index contributed by atoms with van der Waals surface area (Å²) in [6.07, 6.45) is 0. The highest BCUT2D eigenvalue weighted by Gasteiger charge is 2.14. The second kappa shape index (κ2) is 8.85. The third-order valence-electron chi connectivity index (χ3n) is 3.74. The van der Waals surface area contributed by atoms with E-state index in [0.29, 0.717) is 16.9 Å². The summed E-state index contributed by atoms with van der Waals surface area (Å²) in [7, 11) is 1.60. The Balaban J connectivity index is 2.35. The molecule has 0 heterocycles. The molecule has 0 spiro atoms. The van der Waals surface area contributed by atoms with Crippen molar-refractivity contribution in [2.75, 3.05) is 7.11 Å². The van der Waals surface area contributed by atoms with Crippen LogP contribution in [0.1, 0.15) is 19.4 Å². The van der Waals surface area contributed by atoms with Gasteiger partial charge in [-0.25, -0.2) is 9.59 Å². The van der Waals surface area contributed by atoms with E-state index < -0.39 is 11.9 Å². The fourth-order valence-corrected chi connectivity index (χ4v) is 2.21. The number of benzene rings is 2. The Kier molecular flexibility index (Phi) is 6.55. The summed E-state index contributed by atoms with van der Waals surface area (Å²) in [4.78, 5) is 23.6. The lowest BCUT2D eigenvalue weighted by Crippen LogP contribution is -2.11. The minimum absolute atomic E-state index is 0.0471. The van der Waals surface area contributed by atoms with Gasteiger partial charge in [0.2, 0.25) is 0 Å². The van der Waals surface area contributed by atoms with Gasteiger partial charge in [0.25, 0.3) is 0 Å². The normalized spacial score (nSPS) is 10.0. The average Bonchev–Trinajstić information content (AvgIpc) is 2.66. The minimum atomic E-state index is -0.542. The molecule has 0 amide bonds. The zero-order valence-electron chi connectivity index (χ0n) is 15.7. The Hall–Kier alpha value is -3.34. The van der Waals surface area contributed by atoms with Crippen LogP contribution >= 0.6 is 0 Å². The van der Waals surface area contributed by atoms with Crippen molar-refractivity contribution < 1.29 is 23.8 Å². The van der Waals surface area contributed by atoms with E-state index in [4.69, 9.17) is 14.2 Å². The molecule has 0 saturated heterocycles. The van der Waals surface area contributed by atoms with Gasteiger partial charge in [0.15, 0.2) is 0 Å². The molecule has 0 radical (unpaired) electrons. The van der Waals surface area contributed by atoms with Crippen LogP contribution in [0.2, 0.25) is 0 Å². The number of rotatable bonds is 7. The molecule has 0 aliphatic rings. The van der Waals surface area contributed by atoms with E-state index in [1.165, 1.54) is 0 Å². The third-order valence-corrected chi connectivity index (χ3v) is 3.74. The maximum Gasteiger partial charge on any atom is 0.338 e. The smallest absolute Gasteiger partial charge is 0.338 e. The Labute approximate surface area is 158 Å². The van der Waals surface area contributed by atoms with Crippen molar-refractivity contribution in [3.63, 3.8) is 0 Å². The van der Waals surface area contributed by atoms with Crippen LogP contribution in [-0.4, -0.2) is 19.0 Å². The van der Waals surface area contributed by atoms with E-state index in [0.717, 1.165) is 16.9 Å². The highest BCUT2D eigenvalue weighted by atomic mass is 16.5. The van der Waals surface area contributed by atoms with Gasteiger partial charge in [0.1, 0.15) is 18.1 Å². The molecule has 2 aromatic carbocycles. The molecule has 5 heteroatoms. The number of carbonyl (C=O) groups excluding carboxylic acids is 2. The van der Waals surface area contributed by atoms with Crippen molar-refractivity contribution in [2.45, 2.75) is 20.5 Å². The summed E-state index contributed by atoms with van der Waals surface area (Å²) < 4.78 is 15.8. The highest BCUT2D eigenvalue weighted by Crippen LogP contribution is 2.29. The Morgan fingerprint density at radius 1 is 0.889 bits per heavy atom. The monoisotopic (exact) mass is 366 g/mol. The molecule has 27 heavy (non-hydrogen) atoms. The number of hydrogen-bond acceptors (Lipinski definition) is 5. The van der Waals surface area contributed by atoms with Crippen LogP contribution in [0.25, 0.3) is 11.1 Å². The van der Waals surface area contributed by atoms with Crippen molar-refractivity contribution in [2.24, 2.45) is 0 Å². The molecular weight excluding hydrogens is 344 g/mol. The fourth-order valence-electron chi connectivity index (χ4n) is 2.21. The largest absolute Gasteiger partial charge is 0.497 e. The number of hydrogen-bond donors (Lipinski definition) is 0. The van der Waals surface area contributed by atoms with E-state index in [1.54, 1.807) is 27.0 Å². The van der Waals surface area contributed by atoms with Gasteiger partial charge in [-0.15, -0.1) is 0 Å². The Bertz CT molecular complexity index is 878. The van der Waals surface area contributed by atoms with Crippen LogP contribution in [-0.2, 0) is 20.9 Å². The number of esters is 2. The maximum atomic E-state index is 11.9. The number of ether oxygens (including phenoxy) is 3. The van der Waals surface area contributed by atoms with E-state index >= 15 is 0 Å². The predicted octanol–water partition coefficient (Wildman–Crippen LogP) is 4.46. The fraction of sp³-hybridized carbons (Fsp3) is 0.182. The van der Waals surface area contributed by atoms with E-state index in [-0.39, 0.29) is 12.2 Å². The van der Waals surface area contributed by atoms with Crippen LogP contribution in [0.15, 0.2) is 66.8 Å². The van der Waals surface area contributed by atoms with Crippen LogP contribution in [0.4, 0.5) is 0 Å². The summed E-state index contributed by atoms with van der Waals surface area (Å²) in [5, 5.41) is 0. The predicted molar refractivity (Wildman–Crippen MR) is 103 cm³/mol. The molecule has 2 aromatic rings. The minimum Gasteiger partial charge on any atom is -0.497 e. The first kappa shape index (κ1) is 20.0. The van der Waals surface area contributed by atoms with Crippen LogP contribution in [0.5, 0.6) is 11.5 Å². The molecule has 0 saturated carbocycles. The molecule has 0 atom stereocenters. The van der Waals surface area contributed by atoms with Crippen molar-refractivity contribution in [1.29, 1.82) is 0 Å². The second-order valence-corrected chi connectivity index (χ2v) is 6.08. The van der Waals surface area contributed by atoms with Crippen LogP contribution in [0, 0.1) is 0 Å². The topological polar surface area (TPSA) is 61.8 Å². The lowest BCUT2D eigenvalue weighted by atomic mass is 10.0. The van der Waals surface area contributed by atoms with Gasteiger partial charge in [-0.3, -0.25) is 0 Å². The molecule has 0 bridgehead atoms. The molecule has 0 fully saturated rings. The zero-order chi connectivity index (χ0) is 20.0. The van der Waals surface area contributed by atoms with Crippen molar-refractivity contribution in [3.05, 3.63) is 72.3 Å². The average molecular weight is 366 g/mol. The lowest BCUT2D eigenvalue weighted by molar-refractivity contribution is -0.140. The van der Waals surface area contributed by atoms with E-state index in [2.05, 4.69) is 13.2 Å². The molecule has 2 rings (SSSR count). The van der Waals surface area contributed by atoms with Gasteiger partial charge >= 0.3 is 11.9 Å². The quantitative estimate of drug-likeness (QED) is 0.411. The van der Waals surface area contributed by atoms with Gasteiger partial charge in [-0.05, 0) is 49.2 Å². The first-order valence-corrected chi connectivity index (χ1v) is 8.29. The number of methoxy groups -OCH3 is 1. The summed E-state index contributed by atoms with van der Waals surface area (Å²) >= 11 is 0. The molecular formula is C22H22O5. The SMILES string of the molecule is C=C(C)C(=O)OCc1cc(-c2ccc(OC)cc2)ccc1OC(=O)C(=C)C. The van der Waals surface area contributed by atoms with Gasteiger partial charge in [-0.2, -0.15) is 0 Å². The van der Waals surface area contributed by atoms with E-state index in [9.17, 15) is 9.59 Å². The summed E-state index contributed by atoms with van der Waals surface area (Å²) in [5.74, 6) is 0.0119. The summed E-state index contributed by atoms with van der Waals surface area (Å²) in [6.45, 7) is 10.2. The molecule has 140 valence electrons. The van der Waals surface area contributed by atoms with Gasteiger partial charge in [-0.1, -0.05) is 31.4 Å². The molecule has 0 aliphatic carbocycles. The molecule has 0 aromatic heterocycles. The Morgan fingerprint density at radius 3 is 2.04 bits per heavy atom. The van der Waals surface area contributed by atoms with Gasteiger partial charge in [0.05, 0.1) is 7.11 Å². The number of carbonyl (C=O) groups is 2. The molecule has 5 nitrogen and oxygen atoms in total. The summed E-state index contributed by atoms with van der Waals surface area (Å²) in [5.41, 5.74) is 2.96. The lowest BCUT2D eigenvalue weighted by Gasteiger charge is -2.13. The second-order valence-electron chi connectivity index (χ2n) is 6.08. The first-order valence-electron chi connectivity index (χ1n) is 8.29. The third kappa shape index (κ3) is 5.31. The first-order chi connectivity index (χ1) is 12.8. The molecule has 0 N–H and O–H groups in total. The highest BCUT2D eigenvalue weighted by molar-refractivity contribution is 5.89.